The van der Waals surface area contributed by atoms with E-state index in [9.17, 15) is 18.3 Å². The average Bonchev–Trinajstić information content (AvgIpc) is 3.41. The number of hydrogen-bond acceptors (Lipinski definition) is 5. The highest BCUT2D eigenvalue weighted by molar-refractivity contribution is 7.90. The number of carbonyl (C=O) groups is 1. The Morgan fingerprint density at radius 1 is 1.12 bits per heavy atom. The van der Waals surface area contributed by atoms with Crippen LogP contribution in [0.4, 0.5) is 4.79 Å². The van der Waals surface area contributed by atoms with E-state index >= 15 is 0 Å². The third-order valence-corrected chi connectivity index (χ3v) is 8.58. The van der Waals surface area contributed by atoms with Gasteiger partial charge in [-0.3, -0.25) is 0 Å². The summed E-state index contributed by atoms with van der Waals surface area (Å²) in [5, 5.41) is 10.3. The maximum atomic E-state index is 13.3. The van der Waals surface area contributed by atoms with Crippen molar-refractivity contribution in [2.75, 3.05) is 13.1 Å². The van der Waals surface area contributed by atoms with Crippen LogP contribution in [0.2, 0.25) is 0 Å². The van der Waals surface area contributed by atoms with Crippen LogP contribution >= 0.6 is 0 Å². The van der Waals surface area contributed by atoms with Crippen LogP contribution in [0.3, 0.4) is 0 Å². The molecule has 176 valence electrons. The Morgan fingerprint density at radius 2 is 1.91 bits per heavy atom. The van der Waals surface area contributed by atoms with Crippen molar-refractivity contribution in [1.82, 2.24) is 23.4 Å². The van der Waals surface area contributed by atoms with Gasteiger partial charge in [0.2, 0.25) is 0 Å². The fourth-order valence-corrected chi connectivity index (χ4v) is 6.37. The van der Waals surface area contributed by atoms with Gasteiger partial charge in [0, 0.05) is 31.1 Å². The lowest BCUT2D eigenvalue weighted by Gasteiger charge is -2.32. The Balaban J connectivity index is 1.54. The van der Waals surface area contributed by atoms with Crippen molar-refractivity contribution >= 4 is 38.2 Å². The van der Waals surface area contributed by atoms with Gasteiger partial charge in [-0.05, 0) is 49.8 Å². The Labute approximate surface area is 196 Å². The van der Waals surface area contributed by atoms with E-state index in [2.05, 4.69) is 9.55 Å². The molecule has 0 spiro atoms. The molecule has 9 nitrogen and oxygen atoms in total. The summed E-state index contributed by atoms with van der Waals surface area (Å²) in [6.45, 7) is 0.921. The van der Waals surface area contributed by atoms with Gasteiger partial charge in [0.05, 0.1) is 22.7 Å². The van der Waals surface area contributed by atoms with Crippen molar-refractivity contribution in [2.24, 2.45) is 5.92 Å². The monoisotopic (exact) mass is 479 g/mol. The van der Waals surface area contributed by atoms with Crippen molar-refractivity contribution in [3.05, 3.63) is 54.6 Å². The Bertz CT molecular complexity index is 1500. The first-order valence-corrected chi connectivity index (χ1v) is 13.0. The molecule has 6 rings (SSSR count). The van der Waals surface area contributed by atoms with Crippen molar-refractivity contribution in [2.45, 2.75) is 43.0 Å². The van der Waals surface area contributed by atoms with Crippen LogP contribution in [0.25, 0.3) is 22.1 Å². The summed E-state index contributed by atoms with van der Waals surface area (Å²) in [6, 6.07) is 10.0. The number of imidazole rings is 1. The topological polar surface area (TPSA) is 110 Å². The number of hydrogen-bond donors (Lipinski definition) is 1. The first kappa shape index (κ1) is 21.2. The molecule has 2 aliphatic rings. The molecule has 34 heavy (non-hydrogen) atoms. The maximum Gasteiger partial charge on any atom is 0.407 e. The van der Waals surface area contributed by atoms with E-state index < -0.39 is 16.1 Å². The van der Waals surface area contributed by atoms with Gasteiger partial charge in [-0.2, -0.15) is 0 Å². The van der Waals surface area contributed by atoms with E-state index in [1.807, 2.05) is 0 Å². The summed E-state index contributed by atoms with van der Waals surface area (Å²) in [5.74, 6) is 1.53. The lowest BCUT2D eigenvalue weighted by Crippen LogP contribution is -2.40. The van der Waals surface area contributed by atoms with Crippen LogP contribution in [0.1, 0.15) is 37.5 Å². The molecule has 0 bridgehead atoms. The number of likely N-dealkylation sites (tertiary alicyclic amines) is 1. The highest BCUT2D eigenvalue weighted by Crippen LogP contribution is 2.37. The summed E-state index contributed by atoms with van der Waals surface area (Å²) < 4.78 is 30.1. The third kappa shape index (κ3) is 3.44. The minimum atomic E-state index is -3.81. The molecule has 1 aliphatic heterocycles. The Hall–Kier alpha value is -3.40. The van der Waals surface area contributed by atoms with Crippen LogP contribution in [0, 0.1) is 5.92 Å². The van der Waals surface area contributed by atoms with E-state index in [-0.39, 0.29) is 10.9 Å². The quantitative estimate of drug-likeness (QED) is 0.465. The minimum Gasteiger partial charge on any atom is -0.465 e. The van der Waals surface area contributed by atoms with Crippen LogP contribution in [0.5, 0.6) is 0 Å². The van der Waals surface area contributed by atoms with Crippen LogP contribution in [-0.2, 0) is 16.4 Å². The van der Waals surface area contributed by atoms with Gasteiger partial charge in [-0.1, -0.05) is 18.2 Å². The molecule has 1 aliphatic carbocycles. The number of aromatic nitrogens is 4. The number of carboxylic acid groups (broad SMARTS) is 1. The van der Waals surface area contributed by atoms with E-state index in [0.717, 1.165) is 30.6 Å². The number of benzene rings is 1. The largest absolute Gasteiger partial charge is 0.465 e. The predicted octanol–water partition coefficient (Wildman–Crippen LogP) is 3.89. The fraction of sp³-hybridized carbons (Fsp3) is 0.375. The molecule has 1 atom stereocenters. The molecule has 0 radical (unpaired) electrons. The smallest absolute Gasteiger partial charge is 0.407 e. The van der Waals surface area contributed by atoms with Crippen molar-refractivity contribution < 1.29 is 18.3 Å². The van der Waals surface area contributed by atoms with Gasteiger partial charge in [0.15, 0.2) is 5.65 Å². The Morgan fingerprint density at radius 3 is 2.65 bits per heavy atom. The molecule has 1 amide bonds. The molecule has 1 unspecified atom stereocenters. The first-order chi connectivity index (χ1) is 16.4. The minimum absolute atomic E-state index is 0.0525. The molecule has 1 aromatic carbocycles. The molecular weight excluding hydrogens is 454 g/mol. The van der Waals surface area contributed by atoms with Gasteiger partial charge in [-0.25, -0.2) is 27.2 Å². The number of nitrogens with zero attached hydrogens (tertiary/aromatic N) is 5. The number of rotatable bonds is 5. The summed E-state index contributed by atoms with van der Waals surface area (Å²) >= 11 is 0. The third-order valence-electron chi connectivity index (χ3n) is 6.90. The molecule has 1 saturated heterocycles. The van der Waals surface area contributed by atoms with Crippen molar-refractivity contribution in [3.8, 4) is 0 Å². The standard InChI is InChI=1S/C24H25N5O4S/c30-24(31)27-11-4-5-17(15-27)29-21(13-16-8-9-16)26-20-14-25-23-19(22(20)29)10-12-28(23)34(32,33)18-6-2-1-3-7-18/h1-3,6-7,10,12,14,16-17H,4-5,8-9,11,13,15H2,(H,30,31). The number of pyridine rings is 1. The highest BCUT2D eigenvalue weighted by atomic mass is 32.2. The van der Waals surface area contributed by atoms with Gasteiger partial charge in [0.25, 0.3) is 10.0 Å². The lowest BCUT2D eigenvalue weighted by atomic mass is 10.0. The number of piperidine rings is 1. The van der Waals surface area contributed by atoms with Gasteiger partial charge < -0.3 is 14.6 Å². The van der Waals surface area contributed by atoms with Crippen molar-refractivity contribution in [3.63, 3.8) is 0 Å². The number of fused-ring (bicyclic) bond motifs is 3. The van der Waals surface area contributed by atoms with E-state index in [0.29, 0.717) is 35.6 Å². The van der Waals surface area contributed by atoms with E-state index in [1.165, 1.54) is 21.7 Å². The van der Waals surface area contributed by atoms with Gasteiger partial charge >= 0.3 is 6.09 Å². The molecule has 2 fully saturated rings. The first-order valence-electron chi connectivity index (χ1n) is 11.6. The predicted molar refractivity (Wildman–Crippen MR) is 126 cm³/mol. The van der Waals surface area contributed by atoms with Crippen LogP contribution in [0.15, 0.2) is 53.7 Å². The zero-order chi connectivity index (χ0) is 23.4. The second kappa shape index (κ2) is 7.83. The summed E-state index contributed by atoms with van der Waals surface area (Å²) in [4.78, 5) is 22.7. The zero-order valence-corrected chi connectivity index (χ0v) is 19.4. The second-order valence-electron chi connectivity index (χ2n) is 9.23. The normalized spacial score (nSPS) is 19.2. The molecule has 10 heteroatoms. The number of amides is 1. The highest BCUT2D eigenvalue weighted by Gasteiger charge is 2.32. The second-order valence-corrected chi connectivity index (χ2v) is 11.0. The molecule has 3 aromatic heterocycles. The van der Waals surface area contributed by atoms with Crippen molar-refractivity contribution in [1.29, 1.82) is 0 Å². The van der Waals surface area contributed by atoms with Crippen LogP contribution in [-0.4, -0.2) is 56.1 Å². The zero-order valence-electron chi connectivity index (χ0n) is 18.5. The lowest BCUT2D eigenvalue weighted by molar-refractivity contribution is 0.121. The summed E-state index contributed by atoms with van der Waals surface area (Å²) in [5.41, 5.74) is 1.90. The van der Waals surface area contributed by atoms with Gasteiger partial charge in [-0.15, -0.1) is 0 Å². The molecular formula is C24H25N5O4S. The summed E-state index contributed by atoms with van der Waals surface area (Å²) in [6.07, 6.45) is 7.08. The molecule has 1 saturated carbocycles. The van der Waals surface area contributed by atoms with Crippen LogP contribution < -0.4 is 0 Å². The van der Waals surface area contributed by atoms with E-state index in [1.54, 1.807) is 48.8 Å². The SMILES string of the molecule is O=C(O)N1CCCC(n2c(CC3CC3)nc3cnc4c(ccn4S(=O)(=O)c4ccccc4)c32)C1. The summed E-state index contributed by atoms with van der Waals surface area (Å²) in [7, 11) is -3.81. The molecule has 4 heterocycles. The maximum absolute atomic E-state index is 13.3. The fourth-order valence-electron chi connectivity index (χ4n) is 5.05. The Kier molecular flexibility index (Phi) is 4.87. The van der Waals surface area contributed by atoms with Gasteiger partial charge in [0.1, 0.15) is 11.3 Å². The molecule has 1 N–H and O–H groups in total. The van der Waals surface area contributed by atoms with E-state index in [4.69, 9.17) is 4.98 Å². The molecule has 4 aromatic rings. The average molecular weight is 480 g/mol.